The molecule has 1 unspecified atom stereocenters. The summed E-state index contributed by atoms with van der Waals surface area (Å²) in [6, 6.07) is 11.3. The van der Waals surface area contributed by atoms with E-state index in [4.69, 9.17) is 15.2 Å². The molecule has 1 atom stereocenters. The van der Waals surface area contributed by atoms with E-state index in [0.717, 1.165) is 22.1 Å². The van der Waals surface area contributed by atoms with Crippen molar-refractivity contribution >= 4 is 16.7 Å². The molecule has 1 amide bonds. The summed E-state index contributed by atoms with van der Waals surface area (Å²) in [6.07, 6.45) is 0. The first-order valence-corrected chi connectivity index (χ1v) is 6.73. The Kier molecular flexibility index (Phi) is 5.14. The summed E-state index contributed by atoms with van der Waals surface area (Å²) in [5, 5.41) is 5.00. The average molecular weight is 288 g/mol. The molecule has 5 heteroatoms. The van der Waals surface area contributed by atoms with Gasteiger partial charge < -0.3 is 20.5 Å². The summed E-state index contributed by atoms with van der Waals surface area (Å²) in [5.74, 6) is 0.612. The van der Waals surface area contributed by atoms with E-state index in [1.165, 1.54) is 7.11 Å². The van der Waals surface area contributed by atoms with Gasteiger partial charge in [0.25, 0.3) is 0 Å². The van der Waals surface area contributed by atoms with E-state index in [-0.39, 0.29) is 12.5 Å². The summed E-state index contributed by atoms with van der Waals surface area (Å²) < 4.78 is 10.1. The highest BCUT2D eigenvalue weighted by atomic mass is 16.5. The molecule has 0 heterocycles. The third-order valence-corrected chi connectivity index (χ3v) is 3.26. The SMILES string of the molecule is COCC(N)C(=O)NCc1ccc2cc(OC)ccc2c1. The summed E-state index contributed by atoms with van der Waals surface area (Å²) >= 11 is 0. The van der Waals surface area contributed by atoms with Crippen molar-refractivity contribution in [3.63, 3.8) is 0 Å². The molecule has 5 nitrogen and oxygen atoms in total. The van der Waals surface area contributed by atoms with Crippen LogP contribution in [0.5, 0.6) is 5.75 Å². The van der Waals surface area contributed by atoms with Crippen LogP contribution in [0.4, 0.5) is 0 Å². The fraction of sp³-hybridized carbons (Fsp3) is 0.312. The lowest BCUT2D eigenvalue weighted by molar-refractivity contribution is -0.123. The molecular weight excluding hydrogens is 268 g/mol. The van der Waals surface area contributed by atoms with Gasteiger partial charge in [-0.3, -0.25) is 4.79 Å². The van der Waals surface area contributed by atoms with Gasteiger partial charge in [-0.1, -0.05) is 18.2 Å². The molecule has 0 aromatic heterocycles. The molecule has 2 aromatic carbocycles. The van der Waals surface area contributed by atoms with Gasteiger partial charge in [0.1, 0.15) is 11.8 Å². The number of nitrogens with two attached hydrogens (primary N) is 1. The highest BCUT2D eigenvalue weighted by Gasteiger charge is 2.12. The molecule has 0 spiro atoms. The van der Waals surface area contributed by atoms with E-state index in [1.54, 1.807) is 7.11 Å². The van der Waals surface area contributed by atoms with Gasteiger partial charge in [0.2, 0.25) is 5.91 Å². The van der Waals surface area contributed by atoms with Crippen LogP contribution in [0, 0.1) is 0 Å². The third-order valence-electron chi connectivity index (χ3n) is 3.26. The molecule has 0 aliphatic heterocycles. The van der Waals surface area contributed by atoms with Crippen molar-refractivity contribution in [2.75, 3.05) is 20.8 Å². The first-order valence-electron chi connectivity index (χ1n) is 6.73. The van der Waals surface area contributed by atoms with Crippen LogP contribution in [0.25, 0.3) is 10.8 Å². The Hall–Kier alpha value is -2.11. The van der Waals surface area contributed by atoms with Crippen molar-refractivity contribution in [2.24, 2.45) is 5.73 Å². The second-order valence-corrected chi connectivity index (χ2v) is 4.83. The Morgan fingerprint density at radius 1 is 1.19 bits per heavy atom. The van der Waals surface area contributed by atoms with Gasteiger partial charge in [0.05, 0.1) is 13.7 Å². The molecule has 2 rings (SSSR count). The maximum absolute atomic E-state index is 11.7. The van der Waals surface area contributed by atoms with E-state index in [0.29, 0.717) is 6.54 Å². The Labute approximate surface area is 124 Å². The lowest BCUT2D eigenvalue weighted by Crippen LogP contribution is -2.43. The number of ether oxygens (including phenoxy) is 2. The zero-order valence-electron chi connectivity index (χ0n) is 12.3. The predicted molar refractivity (Wildman–Crippen MR) is 82.2 cm³/mol. The summed E-state index contributed by atoms with van der Waals surface area (Å²) in [5.41, 5.74) is 6.68. The number of hydrogen-bond acceptors (Lipinski definition) is 4. The van der Waals surface area contributed by atoms with Crippen LogP contribution >= 0.6 is 0 Å². The van der Waals surface area contributed by atoms with Crippen molar-refractivity contribution in [3.05, 3.63) is 42.0 Å². The lowest BCUT2D eigenvalue weighted by atomic mass is 10.1. The molecule has 2 aromatic rings. The third kappa shape index (κ3) is 3.93. The van der Waals surface area contributed by atoms with Gasteiger partial charge in [-0.05, 0) is 34.5 Å². The molecule has 3 N–H and O–H groups in total. The number of methoxy groups -OCH3 is 2. The van der Waals surface area contributed by atoms with Gasteiger partial charge in [-0.25, -0.2) is 0 Å². The predicted octanol–water partition coefficient (Wildman–Crippen LogP) is 1.44. The minimum atomic E-state index is -0.639. The Balaban J connectivity index is 2.04. The molecule has 21 heavy (non-hydrogen) atoms. The smallest absolute Gasteiger partial charge is 0.239 e. The summed E-state index contributed by atoms with van der Waals surface area (Å²) in [6.45, 7) is 0.654. The van der Waals surface area contributed by atoms with Gasteiger partial charge in [0, 0.05) is 13.7 Å². The molecular formula is C16H20N2O3. The van der Waals surface area contributed by atoms with E-state index < -0.39 is 6.04 Å². The summed E-state index contributed by atoms with van der Waals surface area (Å²) in [4.78, 5) is 11.7. The van der Waals surface area contributed by atoms with Crippen molar-refractivity contribution in [1.29, 1.82) is 0 Å². The first-order chi connectivity index (χ1) is 10.1. The van der Waals surface area contributed by atoms with Crippen molar-refractivity contribution in [3.8, 4) is 5.75 Å². The molecule has 112 valence electrons. The maximum atomic E-state index is 11.7. The standard InChI is InChI=1S/C16H20N2O3/c1-20-10-15(17)16(19)18-9-11-3-4-13-8-14(21-2)6-5-12(13)7-11/h3-8,15H,9-10,17H2,1-2H3,(H,18,19). The van der Waals surface area contributed by atoms with Gasteiger partial charge >= 0.3 is 0 Å². The Bertz CT molecular complexity index is 628. The van der Waals surface area contributed by atoms with Gasteiger partial charge in [-0.15, -0.1) is 0 Å². The van der Waals surface area contributed by atoms with Crippen LogP contribution in [-0.4, -0.2) is 32.8 Å². The number of hydrogen-bond donors (Lipinski definition) is 2. The van der Waals surface area contributed by atoms with Gasteiger partial charge in [-0.2, -0.15) is 0 Å². The zero-order valence-corrected chi connectivity index (χ0v) is 12.3. The molecule has 0 aliphatic rings. The van der Waals surface area contributed by atoms with Crippen LogP contribution in [0.2, 0.25) is 0 Å². The van der Waals surface area contributed by atoms with Crippen molar-refractivity contribution in [2.45, 2.75) is 12.6 Å². The van der Waals surface area contributed by atoms with Crippen LogP contribution in [0.15, 0.2) is 36.4 Å². The van der Waals surface area contributed by atoms with Crippen LogP contribution in [0.1, 0.15) is 5.56 Å². The Morgan fingerprint density at radius 2 is 1.90 bits per heavy atom. The van der Waals surface area contributed by atoms with Crippen LogP contribution in [-0.2, 0) is 16.1 Å². The summed E-state index contributed by atoms with van der Waals surface area (Å²) in [7, 11) is 3.17. The normalized spacial score (nSPS) is 12.1. The second kappa shape index (κ2) is 7.06. The van der Waals surface area contributed by atoms with Crippen molar-refractivity contribution < 1.29 is 14.3 Å². The minimum absolute atomic E-state index is 0.212. The van der Waals surface area contributed by atoms with E-state index in [2.05, 4.69) is 5.32 Å². The largest absolute Gasteiger partial charge is 0.497 e. The number of benzene rings is 2. The monoisotopic (exact) mass is 288 g/mol. The topological polar surface area (TPSA) is 73.6 Å². The number of carbonyl (C=O) groups is 1. The lowest BCUT2D eigenvalue weighted by Gasteiger charge is -2.11. The number of fused-ring (bicyclic) bond motifs is 1. The zero-order chi connectivity index (χ0) is 15.2. The number of rotatable bonds is 6. The molecule has 0 bridgehead atoms. The van der Waals surface area contributed by atoms with Gasteiger partial charge in [0.15, 0.2) is 0 Å². The Morgan fingerprint density at radius 3 is 2.62 bits per heavy atom. The van der Waals surface area contributed by atoms with E-state index >= 15 is 0 Å². The first kappa shape index (κ1) is 15.3. The molecule has 0 saturated carbocycles. The maximum Gasteiger partial charge on any atom is 0.239 e. The highest BCUT2D eigenvalue weighted by molar-refractivity contribution is 5.85. The molecule has 0 radical (unpaired) electrons. The minimum Gasteiger partial charge on any atom is -0.497 e. The van der Waals surface area contributed by atoms with Crippen LogP contribution in [0.3, 0.4) is 0 Å². The van der Waals surface area contributed by atoms with Crippen molar-refractivity contribution in [1.82, 2.24) is 5.32 Å². The quantitative estimate of drug-likeness (QED) is 0.843. The second-order valence-electron chi connectivity index (χ2n) is 4.83. The number of amides is 1. The molecule has 0 saturated heterocycles. The van der Waals surface area contributed by atoms with E-state index in [1.807, 2.05) is 36.4 Å². The molecule has 0 aliphatic carbocycles. The average Bonchev–Trinajstić information content (AvgIpc) is 2.52. The fourth-order valence-electron chi connectivity index (χ4n) is 2.09. The number of carbonyl (C=O) groups excluding carboxylic acids is 1. The van der Waals surface area contributed by atoms with E-state index in [9.17, 15) is 4.79 Å². The fourth-order valence-corrected chi connectivity index (χ4v) is 2.09. The van der Waals surface area contributed by atoms with Crippen LogP contribution < -0.4 is 15.8 Å². The highest BCUT2D eigenvalue weighted by Crippen LogP contribution is 2.21. The number of nitrogens with one attached hydrogen (secondary N) is 1. The molecule has 0 fully saturated rings.